The standard InChI is InChI=1S/C20H20F3NO6/c1-27-15-7-12(8-16(28-2)19(15)29-3)9-18(26)30-11-17(25)24-14-6-4-5-13(10-14)20(21,22)23/h4-8,10H,9,11H2,1-3H3,(H,24,25). The zero-order valence-electron chi connectivity index (χ0n) is 16.5. The average Bonchev–Trinajstić information content (AvgIpc) is 2.71. The van der Waals surface area contributed by atoms with Crippen molar-refractivity contribution in [1.29, 1.82) is 0 Å². The van der Waals surface area contributed by atoms with Crippen LogP contribution >= 0.6 is 0 Å². The smallest absolute Gasteiger partial charge is 0.416 e. The van der Waals surface area contributed by atoms with Crippen molar-refractivity contribution in [3.63, 3.8) is 0 Å². The molecule has 0 aromatic heterocycles. The Labute approximate surface area is 170 Å². The minimum absolute atomic E-state index is 0.0597. The SMILES string of the molecule is COc1cc(CC(=O)OCC(=O)Nc2cccc(C(F)(F)F)c2)cc(OC)c1OC. The first-order valence-corrected chi connectivity index (χ1v) is 8.59. The molecule has 30 heavy (non-hydrogen) atoms. The van der Waals surface area contributed by atoms with Gasteiger partial charge in [-0.1, -0.05) is 6.07 Å². The zero-order valence-corrected chi connectivity index (χ0v) is 16.5. The fraction of sp³-hybridized carbons (Fsp3) is 0.300. The van der Waals surface area contributed by atoms with E-state index in [0.29, 0.717) is 22.8 Å². The van der Waals surface area contributed by atoms with Gasteiger partial charge in [-0.05, 0) is 35.9 Å². The second-order valence-corrected chi connectivity index (χ2v) is 6.00. The molecule has 2 aromatic carbocycles. The number of carbonyl (C=O) groups is 2. The third kappa shape index (κ3) is 6.03. The van der Waals surface area contributed by atoms with Crippen molar-refractivity contribution in [2.45, 2.75) is 12.6 Å². The van der Waals surface area contributed by atoms with Gasteiger partial charge in [0.15, 0.2) is 18.1 Å². The second-order valence-electron chi connectivity index (χ2n) is 6.00. The summed E-state index contributed by atoms with van der Waals surface area (Å²) < 4.78 is 58.6. The van der Waals surface area contributed by atoms with Gasteiger partial charge in [0.2, 0.25) is 5.75 Å². The Balaban J connectivity index is 1.96. The Morgan fingerprint density at radius 2 is 1.60 bits per heavy atom. The topological polar surface area (TPSA) is 83.1 Å². The summed E-state index contributed by atoms with van der Waals surface area (Å²) in [6.45, 7) is -0.653. The van der Waals surface area contributed by atoms with Gasteiger partial charge in [-0.2, -0.15) is 13.2 Å². The first-order chi connectivity index (χ1) is 14.2. The number of methoxy groups -OCH3 is 3. The van der Waals surface area contributed by atoms with Crippen molar-refractivity contribution >= 4 is 17.6 Å². The summed E-state index contributed by atoms with van der Waals surface area (Å²) in [6, 6.07) is 7.25. The van der Waals surface area contributed by atoms with E-state index in [1.54, 1.807) is 12.1 Å². The molecule has 1 N–H and O–H groups in total. The van der Waals surface area contributed by atoms with Gasteiger partial charge in [0, 0.05) is 5.69 Å². The second kappa shape index (κ2) is 9.86. The molecule has 0 heterocycles. The van der Waals surface area contributed by atoms with Crippen LogP contribution in [0.4, 0.5) is 18.9 Å². The minimum atomic E-state index is -4.53. The van der Waals surface area contributed by atoms with Crippen molar-refractivity contribution in [3.05, 3.63) is 47.5 Å². The molecular formula is C20H20F3NO6. The number of hydrogen-bond donors (Lipinski definition) is 1. The maximum absolute atomic E-state index is 12.7. The molecule has 0 saturated carbocycles. The van der Waals surface area contributed by atoms with E-state index >= 15 is 0 Å². The molecule has 0 unspecified atom stereocenters. The van der Waals surface area contributed by atoms with Crippen LogP contribution in [-0.4, -0.2) is 39.8 Å². The molecule has 7 nitrogen and oxygen atoms in total. The van der Waals surface area contributed by atoms with Crippen molar-refractivity contribution in [1.82, 2.24) is 0 Å². The highest BCUT2D eigenvalue weighted by molar-refractivity contribution is 5.93. The zero-order chi connectivity index (χ0) is 22.3. The monoisotopic (exact) mass is 427 g/mol. The van der Waals surface area contributed by atoms with Gasteiger partial charge < -0.3 is 24.3 Å². The molecule has 2 rings (SSSR count). The molecule has 1 amide bonds. The highest BCUT2D eigenvalue weighted by Gasteiger charge is 2.30. The van der Waals surface area contributed by atoms with Crippen LogP contribution < -0.4 is 19.5 Å². The van der Waals surface area contributed by atoms with Gasteiger partial charge in [-0.3, -0.25) is 9.59 Å². The summed E-state index contributed by atoms with van der Waals surface area (Å²) in [5, 5.41) is 2.25. The summed E-state index contributed by atoms with van der Waals surface area (Å²) >= 11 is 0. The molecule has 0 aliphatic heterocycles. The molecule has 10 heteroatoms. The number of benzene rings is 2. The summed E-state index contributed by atoms with van der Waals surface area (Å²) in [6.07, 6.45) is -4.72. The van der Waals surface area contributed by atoms with Crippen LogP contribution in [0.1, 0.15) is 11.1 Å². The predicted molar refractivity (Wildman–Crippen MR) is 101 cm³/mol. The normalized spacial score (nSPS) is 10.9. The van der Waals surface area contributed by atoms with Gasteiger partial charge in [-0.25, -0.2) is 0 Å². The molecule has 0 fully saturated rings. The number of nitrogens with one attached hydrogen (secondary N) is 1. The van der Waals surface area contributed by atoms with E-state index in [1.165, 1.54) is 27.4 Å². The lowest BCUT2D eigenvalue weighted by molar-refractivity contribution is -0.146. The number of hydrogen-bond acceptors (Lipinski definition) is 6. The third-order valence-electron chi connectivity index (χ3n) is 3.91. The summed E-state index contributed by atoms with van der Waals surface area (Å²) in [5.74, 6) is -0.433. The van der Waals surface area contributed by atoms with Crippen molar-refractivity contribution < 1.29 is 41.7 Å². The molecule has 0 bridgehead atoms. The number of halogens is 3. The number of rotatable bonds is 8. The molecule has 2 aromatic rings. The Bertz CT molecular complexity index is 889. The van der Waals surface area contributed by atoms with E-state index < -0.39 is 30.2 Å². The lowest BCUT2D eigenvalue weighted by Crippen LogP contribution is -2.22. The van der Waals surface area contributed by atoms with E-state index in [2.05, 4.69) is 5.32 Å². The Kier molecular flexibility index (Phi) is 7.51. The van der Waals surface area contributed by atoms with E-state index in [4.69, 9.17) is 18.9 Å². The molecule has 0 aliphatic rings. The van der Waals surface area contributed by atoms with Crippen LogP contribution in [0.15, 0.2) is 36.4 Å². The van der Waals surface area contributed by atoms with Crippen LogP contribution in [0.3, 0.4) is 0 Å². The van der Waals surface area contributed by atoms with E-state index in [-0.39, 0.29) is 12.1 Å². The Morgan fingerprint density at radius 1 is 0.967 bits per heavy atom. The number of anilines is 1. The lowest BCUT2D eigenvalue weighted by Gasteiger charge is -2.14. The number of ether oxygens (including phenoxy) is 4. The summed E-state index contributed by atoms with van der Waals surface area (Å²) in [5.41, 5.74) is -0.469. The maximum Gasteiger partial charge on any atom is 0.416 e. The number of esters is 1. The third-order valence-corrected chi connectivity index (χ3v) is 3.91. The van der Waals surface area contributed by atoms with Gasteiger partial charge >= 0.3 is 12.1 Å². The van der Waals surface area contributed by atoms with Crippen LogP contribution in [0.2, 0.25) is 0 Å². The maximum atomic E-state index is 12.7. The van der Waals surface area contributed by atoms with Gasteiger partial charge in [-0.15, -0.1) is 0 Å². The molecule has 0 saturated heterocycles. The fourth-order valence-electron chi connectivity index (χ4n) is 2.57. The van der Waals surface area contributed by atoms with Crippen LogP contribution in [0, 0.1) is 0 Å². The highest BCUT2D eigenvalue weighted by Crippen LogP contribution is 2.38. The Morgan fingerprint density at radius 3 is 2.13 bits per heavy atom. The van der Waals surface area contributed by atoms with Crippen LogP contribution in [0.25, 0.3) is 0 Å². The molecule has 0 atom stereocenters. The number of carbonyl (C=O) groups excluding carboxylic acids is 2. The van der Waals surface area contributed by atoms with Gasteiger partial charge in [0.05, 0.1) is 33.3 Å². The largest absolute Gasteiger partial charge is 0.493 e. The van der Waals surface area contributed by atoms with E-state index in [0.717, 1.165) is 18.2 Å². The van der Waals surface area contributed by atoms with Crippen molar-refractivity contribution in [2.75, 3.05) is 33.3 Å². The molecule has 0 spiro atoms. The highest BCUT2D eigenvalue weighted by atomic mass is 19.4. The first-order valence-electron chi connectivity index (χ1n) is 8.59. The van der Waals surface area contributed by atoms with Crippen molar-refractivity contribution in [3.8, 4) is 17.2 Å². The summed E-state index contributed by atoms with van der Waals surface area (Å²) in [7, 11) is 4.30. The molecule has 162 valence electrons. The molecule has 0 radical (unpaired) electrons. The lowest BCUT2D eigenvalue weighted by atomic mass is 10.1. The van der Waals surface area contributed by atoms with Gasteiger partial charge in [0.25, 0.3) is 5.91 Å². The quantitative estimate of drug-likeness (QED) is 0.650. The van der Waals surface area contributed by atoms with Gasteiger partial charge in [0.1, 0.15) is 0 Å². The molecular weight excluding hydrogens is 407 g/mol. The summed E-state index contributed by atoms with van der Waals surface area (Å²) in [4.78, 5) is 23.9. The van der Waals surface area contributed by atoms with Crippen LogP contribution in [0.5, 0.6) is 17.2 Å². The number of amides is 1. The van der Waals surface area contributed by atoms with E-state index in [1.807, 2.05) is 0 Å². The van der Waals surface area contributed by atoms with E-state index in [9.17, 15) is 22.8 Å². The Hall–Kier alpha value is -3.43. The average molecular weight is 427 g/mol. The number of alkyl halides is 3. The first kappa shape index (κ1) is 22.9. The van der Waals surface area contributed by atoms with Crippen molar-refractivity contribution in [2.24, 2.45) is 0 Å². The van der Waals surface area contributed by atoms with Crippen LogP contribution in [-0.2, 0) is 26.9 Å². The minimum Gasteiger partial charge on any atom is -0.493 e. The fourth-order valence-corrected chi connectivity index (χ4v) is 2.57. The predicted octanol–water partition coefficient (Wildman–Crippen LogP) is 3.46. The molecule has 0 aliphatic carbocycles.